The number of unbranched alkanes of at least 4 members (excludes halogenated alkanes) is 5. The highest BCUT2D eigenvalue weighted by Crippen LogP contribution is 2.68. The second kappa shape index (κ2) is 14.9. The molecule has 0 bridgehead atoms. The van der Waals surface area contributed by atoms with Gasteiger partial charge in [0.15, 0.2) is 0 Å². The van der Waals surface area contributed by atoms with E-state index in [0.717, 1.165) is 54.9 Å². The topological polar surface area (TPSA) is 64.3 Å². The van der Waals surface area contributed by atoms with Crippen LogP contribution in [0.15, 0.2) is 0 Å². The minimum absolute atomic E-state index is 0.0960. The van der Waals surface area contributed by atoms with Gasteiger partial charge in [0.1, 0.15) is 6.10 Å². The number of rotatable bonds is 15. The largest absolute Gasteiger partial charge is 0.463 e. The van der Waals surface area contributed by atoms with E-state index in [2.05, 4.69) is 39.9 Å². The maximum Gasteiger partial charge on any atom is 0.302 e. The van der Waals surface area contributed by atoms with Crippen molar-refractivity contribution in [1.29, 1.82) is 0 Å². The predicted molar refractivity (Wildman–Crippen MR) is 173 cm³/mol. The number of fused-ring (bicyclic) bond motifs is 5. The minimum atomic E-state index is -0.0960. The summed E-state index contributed by atoms with van der Waals surface area (Å²) in [5, 5.41) is 4.22. The summed E-state index contributed by atoms with van der Waals surface area (Å²) in [6.07, 6.45) is 22.5. The summed E-state index contributed by atoms with van der Waals surface area (Å²) in [7, 11) is 0. The number of hydrogen-bond acceptors (Lipinski definition) is 4. The van der Waals surface area contributed by atoms with Crippen molar-refractivity contribution >= 4 is 5.97 Å². The second-order valence-corrected chi connectivity index (χ2v) is 16.2. The third kappa shape index (κ3) is 7.73. The molecule has 4 nitrogen and oxygen atoms in total. The van der Waals surface area contributed by atoms with E-state index in [1.54, 1.807) is 6.92 Å². The number of hydrogen-bond donors (Lipinski definition) is 2. The van der Waals surface area contributed by atoms with E-state index in [0.29, 0.717) is 22.8 Å². The van der Waals surface area contributed by atoms with Gasteiger partial charge in [0, 0.05) is 13.0 Å². The van der Waals surface area contributed by atoms with E-state index in [1.807, 2.05) is 0 Å². The van der Waals surface area contributed by atoms with E-state index < -0.39 is 0 Å². The van der Waals surface area contributed by atoms with Gasteiger partial charge in [0.05, 0.1) is 0 Å². The molecule has 4 rings (SSSR count). The number of carbonyl (C=O) groups is 1. The summed E-state index contributed by atoms with van der Waals surface area (Å²) in [6.45, 7) is 16.3. The van der Waals surface area contributed by atoms with Crippen LogP contribution in [0.2, 0.25) is 0 Å². The first-order valence-corrected chi connectivity index (χ1v) is 18.2. The molecule has 4 fully saturated rings. The van der Waals surface area contributed by atoms with Crippen LogP contribution in [0.3, 0.4) is 0 Å². The van der Waals surface area contributed by atoms with Crippen molar-refractivity contribution < 1.29 is 9.53 Å². The molecule has 0 spiro atoms. The van der Waals surface area contributed by atoms with E-state index in [1.165, 1.54) is 103 Å². The van der Waals surface area contributed by atoms with E-state index in [4.69, 9.17) is 10.5 Å². The van der Waals surface area contributed by atoms with Gasteiger partial charge in [0.25, 0.3) is 0 Å². The Morgan fingerprint density at radius 3 is 2.24 bits per heavy atom. The van der Waals surface area contributed by atoms with Crippen LogP contribution in [-0.4, -0.2) is 31.2 Å². The highest BCUT2D eigenvalue weighted by molar-refractivity contribution is 5.66. The third-order valence-corrected chi connectivity index (χ3v) is 13.2. The normalized spacial score (nSPS) is 39.2. The molecule has 41 heavy (non-hydrogen) atoms. The van der Waals surface area contributed by atoms with Gasteiger partial charge in [-0.1, -0.05) is 79.6 Å². The van der Waals surface area contributed by atoms with Gasteiger partial charge in [-0.15, -0.1) is 0 Å². The molecule has 4 unspecified atom stereocenters. The number of carbonyl (C=O) groups excluding carboxylic acids is 1. The molecule has 0 aromatic rings. The number of nitrogens with two attached hydrogens (primary N) is 1. The summed E-state index contributed by atoms with van der Waals surface area (Å²) in [5.41, 5.74) is 6.60. The Morgan fingerprint density at radius 2 is 1.54 bits per heavy atom. The molecule has 0 amide bonds. The quantitative estimate of drug-likeness (QED) is 0.152. The lowest BCUT2D eigenvalue weighted by atomic mass is 9.43. The molecule has 10 atom stereocenters. The van der Waals surface area contributed by atoms with Gasteiger partial charge in [0.2, 0.25) is 0 Å². The lowest BCUT2D eigenvalue weighted by Crippen LogP contribution is -2.61. The zero-order valence-corrected chi connectivity index (χ0v) is 28.0. The van der Waals surface area contributed by atoms with Crippen molar-refractivity contribution in [1.82, 2.24) is 5.32 Å². The molecular formula is C37H68N2O2. The smallest absolute Gasteiger partial charge is 0.302 e. The van der Waals surface area contributed by atoms with Crippen LogP contribution in [0.4, 0.5) is 0 Å². The van der Waals surface area contributed by atoms with Crippen LogP contribution in [0.25, 0.3) is 0 Å². The molecule has 4 aliphatic rings. The highest BCUT2D eigenvalue weighted by atomic mass is 16.5. The van der Waals surface area contributed by atoms with Crippen LogP contribution in [0, 0.1) is 52.3 Å². The third-order valence-electron chi connectivity index (χ3n) is 13.2. The molecule has 238 valence electrons. The molecule has 4 saturated carbocycles. The molecule has 0 saturated heterocycles. The fourth-order valence-electron chi connectivity index (χ4n) is 11.1. The molecule has 4 heteroatoms. The van der Waals surface area contributed by atoms with Crippen molar-refractivity contribution in [3.05, 3.63) is 0 Å². The molecule has 0 heterocycles. The van der Waals surface area contributed by atoms with Gasteiger partial charge >= 0.3 is 5.97 Å². The SMILES string of the molecule is CC(=O)O[C@H]1CC[C@]2(C)C3CC[C@@]4(C)C(CC[C@@H]4[C@H](C)CCCC(C)C)C3C(NCCCCCCCCN)C[C@H]2C1. The van der Waals surface area contributed by atoms with Crippen molar-refractivity contribution in [2.45, 2.75) is 163 Å². The zero-order valence-electron chi connectivity index (χ0n) is 28.0. The first-order chi connectivity index (χ1) is 19.6. The molecule has 0 aromatic carbocycles. The van der Waals surface area contributed by atoms with Gasteiger partial charge < -0.3 is 15.8 Å². The van der Waals surface area contributed by atoms with Crippen molar-refractivity contribution in [2.75, 3.05) is 13.1 Å². The van der Waals surface area contributed by atoms with Crippen molar-refractivity contribution in [3.63, 3.8) is 0 Å². The van der Waals surface area contributed by atoms with E-state index >= 15 is 0 Å². The van der Waals surface area contributed by atoms with Crippen molar-refractivity contribution in [2.24, 2.45) is 58.0 Å². The molecule has 0 radical (unpaired) electrons. The van der Waals surface area contributed by atoms with Crippen molar-refractivity contribution in [3.8, 4) is 0 Å². The summed E-state index contributed by atoms with van der Waals surface area (Å²) < 4.78 is 5.82. The lowest BCUT2D eigenvalue weighted by molar-refractivity contribution is -0.164. The second-order valence-electron chi connectivity index (χ2n) is 16.2. The minimum Gasteiger partial charge on any atom is -0.463 e. The van der Waals surface area contributed by atoms with E-state index in [9.17, 15) is 4.79 Å². The first-order valence-electron chi connectivity index (χ1n) is 18.2. The van der Waals surface area contributed by atoms with E-state index in [-0.39, 0.29) is 12.1 Å². The Balaban J connectivity index is 1.46. The number of ether oxygens (including phenoxy) is 1. The Kier molecular flexibility index (Phi) is 12.1. The van der Waals surface area contributed by atoms with Gasteiger partial charge in [-0.3, -0.25) is 4.79 Å². The maximum atomic E-state index is 11.8. The lowest BCUT2D eigenvalue weighted by Gasteiger charge is -2.63. The first kappa shape index (κ1) is 33.3. The fraction of sp³-hybridized carbons (Fsp3) is 0.973. The van der Waals surface area contributed by atoms with Crippen LogP contribution in [0.5, 0.6) is 0 Å². The molecular weight excluding hydrogens is 504 g/mol. The van der Waals surface area contributed by atoms with Crippen LogP contribution >= 0.6 is 0 Å². The molecule has 0 aromatic heterocycles. The Bertz CT molecular complexity index is 815. The van der Waals surface area contributed by atoms with Crippen LogP contribution < -0.4 is 11.1 Å². The van der Waals surface area contributed by atoms with Gasteiger partial charge in [-0.2, -0.15) is 0 Å². The summed E-state index contributed by atoms with van der Waals surface area (Å²) in [6, 6.07) is 0.631. The number of nitrogens with one attached hydrogen (secondary N) is 1. The van der Waals surface area contributed by atoms with Crippen LogP contribution in [-0.2, 0) is 9.53 Å². The molecule has 4 aliphatic carbocycles. The maximum absolute atomic E-state index is 11.8. The highest BCUT2D eigenvalue weighted by Gasteiger charge is 2.63. The fourth-order valence-corrected chi connectivity index (χ4v) is 11.1. The molecule has 3 N–H and O–H groups in total. The zero-order chi connectivity index (χ0) is 29.6. The number of esters is 1. The monoisotopic (exact) mass is 573 g/mol. The summed E-state index contributed by atoms with van der Waals surface area (Å²) in [4.78, 5) is 11.8. The standard InChI is InChI=1S/C37H68N2O2/c1-26(2)14-13-15-27(3)31-16-17-32-35-33(19-21-37(31,32)6)36(5)20-18-30(41-28(4)40)24-29(36)25-34(35)39-23-12-10-8-7-9-11-22-38/h26-27,29-35,39H,7-25,38H2,1-6H3/t27-,29-,30+,31-,32?,33?,34?,35?,36+,37-/m1/s1. The predicted octanol–water partition coefficient (Wildman–Crippen LogP) is 8.91. The average Bonchev–Trinajstić information content (AvgIpc) is 3.27. The Labute approximate surface area is 254 Å². The summed E-state index contributed by atoms with van der Waals surface area (Å²) >= 11 is 0. The van der Waals surface area contributed by atoms with Crippen LogP contribution in [0.1, 0.15) is 151 Å². The Morgan fingerprint density at radius 1 is 0.854 bits per heavy atom. The average molecular weight is 573 g/mol. The molecule has 0 aliphatic heterocycles. The van der Waals surface area contributed by atoms with Gasteiger partial charge in [-0.25, -0.2) is 0 Å². The Hall–Kier alpha value is -0.610. The summed E-state index contributed by atoms with van der Waals surface area (Å²) in [5.74, 6) is 5.68. The van der Waals surface area contributed by atoms with Gasteiger partial charge in [-0.05, 0) is 130 Å².